The lowest BCUT2D eigenvalue weighted by atomic mass is 9.87. The lowest BCUT2D eigenvalue weighted by molar-refractivity contribution is -0.164. The first-order chi connectivity index (χ1) is 51.8. The number of phenols is 1. The summed E-state index contributed by atoms with van der Waals surface area (Å²) in [5.74, 6) is -18.9. The molecule has 1 aromatic rings. The number of guanidine groups is 2. The Morgan fingerprint density at radius 3 is 1.68 bits per heavy atom. The Morgan fingerprint density at radius 1 is 0.595 bits per heavy atom. The average molecular weight is 1580 g/mol. The van der Waals surface area contributed by atoms with Crippen LogP contribution in [-0.2, 0) is 76.6 Å². The molecule has 1 fully saturated rings. The maximum Gasteiger partial charge on any atom is 0.329 e. The fourth-order valence-electron chi connectivity index (χ4n) is 12.6. The zero-order valence-electron chi connectivity index (χ0n) is 65.8. The number of hydrogen-bond acceptors (Lipinski definition) is 23. The third-order valence-corrected chi connectivity index (χ3v) is 19.2. The van der Waals surface area contributed by atoms with Gasteiger partial charge in [0.2, 0.25) is 70.9 Å². The van der Waals surface area contributed by atoms with Crippen LogP contribution < -0.4 is 88.4 Å². The van der Waals surface area contributed by atoms with E-state index >= 15 is 0 Å². The Labute approximate surface area is 646 Å². The number of esters is 1. The minimum atomic E-state index is -2.55. The van der Waals surface area contributed by atoms with E-state index in [0.29, 0.717) is 25.7 Å². The van der Waals surface area contributed by atoms with Crippen molar-refractivity contribution in [3.05, 3.63) is 29.8 Å². The van der Waals surface area contributed by atoms with E-state index in [4.69, 9.17) is 55.3 Å². The van der Waals surface area contributed by atoms with Crippen molar-refractivity contribution >= 4 is 94.7 Å². The summed E-state index contributed by atoms with van der Waals surface area (Å²) in [7, 11) is 3.61. The van der Waals surface area contributed by atoms with Gasteiger partial charge in [-0.1, -0.05) is 67.5 Å². The fraction of sp³-hybridized carbons (Fsp3) is 0.690. The number of nitrogens with zero attached hydrogens (tertiary/aromatic N) is 4. The third-order valence-electron chi connectivity index (χ3n) is 19.2. The predicted molar refractivity (Wildman–Crippen MR) is 405 cm³/mol. The van der Waals surface area contributed by atoms with Gasteiger partial charge in [0.15, 0.2) is 18.0 Å². The smallest absolute Gasteiger partial charge is 0.329 e. The van der Waals surface area contributed by atoms with Gasteiger partial charge in [-0.25, -0.2) is 4.79 Å². The van der Waals surface area contributed by atoms with E-state index in [0.717, 1.165) is 9.80 Å². The van der Waals surface area contributed by atoms with Crippen molar-refractivity contribution in [1.29, 1.82) is 0 Å². The highest BCUT2D eigenvalue weighted by atomic mass is 16.5. The second kappa shape index (κ2) is 47.2. The first-order valence-corrected chi connectivity index (χ1v) is 37.0. The largest absolute Gasteiger partial charge is 0.508 e. The van der Waals surface area contributed by atoms with Gasteiger partial charge in [0.05, 0.1) is 30.5 Å². The number of likely N-dealkylation sites (tertiary alicyclic amines) is 1. The zero-order chi connectivity index (χ0) is 84.6. The summed E-state index contributed by atoms with van der Waals surface area (Å²) in [5.41, 5.74) is 44.9. The first-order valence-electron chi connectivity index (χ1n) is 37.0. The van der Waals surface area contributed by atoms with Gasteiger partial charge < -0.3 is 128 Å². The molecule has 13 amide bonds. The monoisotopic (exact) mass is 1570 g/mol. The van der Waals surface area contributed by atoms with Crippen LogP contribution in [0.2, 0.25) is 0 Å². The minimum Gasteiger partial charge on any atom is -0.508 e. The number of likely N-dealkylation sites (N-methyl/N-ethyl adjacent to an activating group) is 2. The maximum absolute atomic E-state index is 14.9. The van der Waals surface area contributed by atoms with E-state index in [1.165, 1.54) is 80.1 Å². The van der Waals surface area contributed by atoms with Crippen LogP contribution >= 0.6 is 0 Å². The number of nitrogens with one attached hydrogen (secondary N) is 8. The topological polar surface area (TPSA) is 674 Å². The van der Waals surface area contributed by atoms with Crippen molar-refractivity contribution in [2.24, 2.45) is 91.4 Å². The summed E-state index contributed by atoms with van der Waals surface area (Å²) < 4.78 is 11.7. The number of aliphatic imine (C=N–C) groups is 2. The number of piperidine rings is 1. The Morgan fingerprint density at radius 2 is 1.14 bits per heavy atom. The number of aromatic hydroxyl groups is 1. The van der Waals surface area contributed by atoms with Crippen LogP contribution in [0.25, 0.3) is 0 Å². The Balaban J connectivity index is 2.58. The van der Waals surface area contributed by atoms with Gasteiger partial charge in [-0.2, -0.15) is 0 Å². The van der Waals surface area contributed by atoms with E-state index in [-0.39, 0.29) is 92.7 Å². The molecule has 2 rings (SSSR count). The van der Waals surface area contributed by atoms with Crippen molar-refractivity contribution in [3.8, 4) is 5.75 Å². The highest BCUT2D eigenvalue weighted by molar-refractivity contribution is 5.98. The molecule has 1 aromatic carbocycles. The van der Waals surface area contributed by atoms with E-state index in [2.05, 4.69) is 52.5 Å². The minimum absolute atomic E-state index is 0.0349. The molecule has 40 heteroatoms. The molecule has 40 nitrogen and oxygen atoms in total. The number of amides is 13. The van der Waals surface area contributed by atoms with Crippen LogP contribution in [0.5, 0.6) is 5.75 Å². The molecule has 111 heavy (non-hydrogen) atoms. The van der Waals surface area contributed by atoms with Gasteiger partial charge in [-0.3, -0.25) is 72.3 Å². The molecule has 0 unspecified atom stereocenters. The summed E-state index contributed by atoms with van der Waals surface area (Å²) in [5, 5.41) is 64.3. The van der Waals surface area contributed by atoms with Crippen molar-refractivity contribution in [1.82, 2.24) is 52.3 Å². The highest BCUT2D eigenvalue weighted by Crippen LogP contribution is 2.27. The number of rotatable bonds is 48. The number of methoxy groups -OCH3 is 1. The van der Waals surface area contributed by atoms with Gasteiger partial charge in [0.25, 0.3) is 5.91 Å². The van der Waals surface area contributed by atoms with E-state index in [1.54, 1.807) is 20.8 Å². The van der Waals surface area contributed by atoms with E-state index in [1.807, 2.05) is 13.8 Å². The lowest BCUT2D eigenvalue weighted by Gasteiger charge is -2.37. The fourth-order valence-corrected chi connectivity index (χ4v) is 12.6. The van der Waals surface area contributed by atoms with Crippen LogP contribution in [0.15, 0.2) is 34.3 Å². The Hall–Kier alpha value is -10.1. The van der Waals surface area contributed by atoms with Crippen molar-refractivity contribution in [2.75, 3.05) is 40.8 Å². The number of benzene rings is 1. The molecule has 0 saturated carbocycles. The number of aliphatic hydroxyl groups is 3. The molecule has 626 valence electrons. The number of carbonyl (C=O) groups is 14. The molecule has 0 bridgehead atoms. The van der Waals surface area contributed by atoms with Crippen LogP contribution in [0.1, 0.15) is 158 Å². The van der Waals surface area contributed by atoms with Crippen molar-refractivity contribution in [3.63, 3.8) is 0 Å². The maximum atomic E-state index is 14.9. The van der Waals surface area contributed by atoms with Crippen LogP contribution in [0.4, 0.5) is 0 Å². The lowest BCUT2D eigenvalue weighted by Crippen LogP contribution is -2.63. The second-order valence-corrected chi connectivity index (χ2v) is 29.1. The number of carbonyl (C=O) groups excluding carboxylic acids is 14. The van der Waals surface area contributed by atoms with Crippen LogP contribution in [0.3, 0.4) is 0 Å². The molecule has 0 spiro atoms. The van der Waals surface area contributed by atoms with Gasteiger partial charge >= 0.3 is 5.97 Å². The predicted octanol–water partition coefficient (Wildman–Crippen LogP) is -5.84. The summed E-state index contributed by atoms with van der Waals surface area (Å²) >= 11 is 0. The number of phenolic OH excluding ortho intramolecular Hbond substituents is 1. The third kappa shape index (κ3) is 31.7. The molecule has 19 atom stereocenters. The quantitative estimate of drug-likeness (QED) is 0.0125. The first kappa shape index (κ1) is 97.0. The number of hydrogen-bond donors (Lipinski definition) is 20. The number of nitrogens with two attached hydrogens (primary N) is 8. The normalized spacial score (nSPS) is 17.7. The van der Waals surface area contributed by atoms with Crippen molar-refractivity contribution < 1.29 is 97.0 Å². The summed E-state index contributed by atoms with van der Waals surface area (Å²) in [6.07, 6.45) is -9.37. The van der Waals surface area contributed by atoms with Crippen molar-refractivity contribution in [2.45, 2.75) is 237 Å². The molecule has 1 aliphatic rings. The summed E-state index contributed by atoms with van der Waals surface area (Å²) in [6, 6.07) is -10.5. The molecule has 28 N–H and O–H groups in total. The van der Waals surface area contributed by atoms with Gasteiger partial charge in [0.1, 0.15) is 72.4 Å². The molecule has 1 heterocycles. The average Bonchev–Trinajstić information content (AvgIpc) is 0.812. The molecule has 1 saturated heterocycles. The zero-order valence-corrected chi connectivity index (χ0v) is 65.8. The molecule has 0 radical (unpaired) electrons. The molecule has 1 aliphatic heterocycles. The Bertz CT molecular complexity index is 3380. The molecule has 0 aromatic heterocycles. The summed E-state index contributed by atoms with van der Waals surface area (Å²) in [4.78, 5) is 204. The molecular formula is C71H122N20O20. The number of aliphatic hydroxyl groups excluding tert-OH is 3. The van der Waals surface area contributed by atoms with Crippen LogP contribution in [0, 0.1) is 35.5 Å². The van der Waals surface area contributed by atoms with Gasteiger partial charge in [0, 0.05) is 53.2 Å². The van der Waals surface area contributed by atoms with Crippen LogP contribution in [-0.4, -0.2) is 251 Å². The summed E-state index contributed by atoms with van der Waals surface area (Å²) in [6.45, 7) is 15.6. The van der Waals surface area contributed by atoms with E-state index < -0.39 is 211 Å². The number of primary amides is 3. The molecule has 0 aliphatic carbocycles. The molecular weight excluding hydrogens is 1450 g/mol. The number of ether oxygens (including phenoxy) is 2. The Kier molecular flexibility index (Phi) is 41.3. The van der Waals surface area contributed by atoms with Gasteiger partial charge in [-0.15, -0.1) is 0 Å². The standard InChI is InChI=1S/C71H122N20O20/c1-33(2)30-35(5)54(95)38(8)59(99)85-45(32-50(74)94)61(101)84-44(19-17-28-82-71(78)79)55(96)56(97)66(106)87-51(36(6)37(7)58(75)98)64(104)88-52(63(103)80-11)40(10)111-69(109)48-20-14-15-29-91(48)67(107)39(9)83-65(105)53(57(110-13)41-21-23-42(92)24-22-41)89-62(102)47(25-26-49(73)93)90(12)68(108)46(31-34(3)4)86-60(100)43(72)18-16-27-81-70(76)77/h21-24,33-40,43-48,51-57,92,95-97H,14-20,25-32,72H2,1-13H3,(H2,73,93)(H2,74,94)(H2,75,98)(H,80,103)(H,83,105)(H,84,101)(H,85,99)(H,86,100)(H,87,106)(H,88,104)(H,89,102)(H4,76,77,81)(H4,78,79,82)/t35-,36+,37-,38-,39-,40-,43-,44+,45+,46+,47+,48+,51+,52-,53+,54-,55-,56-,57-/m1/s1. The SMILES string of the molecule is CNC(=O)[C@H](NC(=O)[C@@H](NC(=O)[C@H](O)[C@H](O)[C@H](CCCN=C(N)N)NC(=O)[C@H](CC(N)=O)NC(=O)[C@H](C)[C@H](O)[C@H](C)CC(C)C)[C@@H](C)[C@@H](C)C(N)=O)[C@@H](C)OC(=O)[C@@H]1CCCCN1C(=O)[C@@H](C)NC(=O)[C@@H](NC(=O)[C@H](CCC(N)=O)N(C)C(=O)[C@H](CC(C)C)NC(=O)[C@H](N)CCCN=C(N)N)[C@H](OC)c1ccc(O)cc1. The van der Waals surface area contributed by atoms with E-state index in [9.17, 15) is 87.5 Å². The second-order valence-electron chi connectivity index (χ2n) is 29.1. The highest BCUT2D eigenvalue weighted by Gasteiger charge is 2.45. The van der Waals surface area contributed by atoms with Gasteiger partial charge in [-0.05, 0) is 119 Å².